The highest BCUT2D eigenvalue weighted by molar-refractivity contribution is 6.00. The summed E-state index contributed by atoms with van der Waals surface area (Å²) < 4.78 is 14.1. The SMILES string of the molecule is CCN1C(=O)CC(CCCc2ccc(C(C)(C)C)cc2)N=C1CCCc1cccc(-c2ccc(F)c(CC(=O)O)c2)c1. The van der Waals surface area contributed by atoms with Gasteiger partial charge in [-0.15, -0.1) is 0 Å². The second-order valence-electron chi connectivity index (χ2n) is 12.3. The van der Waals surface area contributed by atoms with Gasteiger partial charge in [-0.05, 0) is 90.0 Å². The number of hydrogen-bond acceptors (Lipinski definition) is 3. The Labute approximate surface area is 249 Å². The number of halogens is 1. The number of carboxylic acids is 1. The number of nitrogens with zero attached hydrogens (tertiary/aromatic N) is 2. The van der Waals surface area contributed by atoms with Crippen molar-refractivity contribution < 1.29 is 19.1 Å². The van der Waals surface area contributed by atoms with Crippen molar-refractivity contribution >= 4 is 17.7 Å². The minimum Gasteiger partial charge on any atom is -0.481 e. The van der Waals surface area contributed by atoms with Crippen molar-refractivity contribution in [3.05, 3.63) is 94.8 Å². The van der Waals surface area contributed by atoms with Gasteiger partial charge in [-0.25, -0.2) is 4.39 Å². The van der Waals surface area contributed by atoms with E-state index in [-0.39, 0.29) is 29.3 Å². The van der Waals surface area contributed by atoms with Crippen molar-refractivity contribution in [2.24, 2.45) is 4.99 Å². The fraction of sp³-hybridized carbons (Fsp3) is 0.417. The second kappa shape index (κ2) is 13.9. The lowest BCUT2D eigenvalue weighted by atomic mass is 9.86. The van der Waals surface area contributed by atoms with Crippen molar-refractivity contribution in [2.45, 2.75) is 90.5 Å². The van der Waals surface area contributed by atoms with Crippen LogP contribution < -0.4 is 0 Å². The van der Waals surface area contributed by atoms with Crippen LogP contribution in [0.15, 0.2) is 71.7 Å². The molecule has 0 aromatic heterocycles. The smallest absolute Gasteiger partial charge is 0.307 e. The molecule has 0 saturated carbocycles. The van der Waals surface area contributed by atoms with E-state index < -0.39 is 11.8 Å². The van der Waals surface area contributed by atoms with Gasteiger partial charge in [-0.3, -0.25) is 14.6 Å². The number of aliphatic carboxylic acids is 1. The molecule has 0 aliphatic carbocycles. The summed E-state index contributed by atoms with van der Waals surface area (Å²) in [4.78, 5) is 30.9. The van der Waals surface area contributed by atoms with Crippen LogP contribution in [0.2, 0.25) is 0 Å². The van der Waals surface area contributed by atoms with Crippen molar-refractivity contribution in [3.63, 3.8) is 0 Å². The van der Waals surface area contributed by atoms with Gasteiger partial charge in [-0.1, -0.05) is 75.4 Å². The molecule has 0 fully saturated rings. The Morgan fingerprint density at radius 3 is 2.36 bits per heavy atom. The van der Waals surface area contributed by atoms with Crippen LogP contribution >= 0.6 is 0 Å². The average molecular weight is 571 g/mol. The lowest BCUT2D eigenvalue weighted by molar-refractivity contribution is -0.136. The molecule has 1 amide bonds. The van der Waals surface area contributed by atoms with Crippen molar-refractivity contribution in [3.8, 4) is 11.1 Å². The van der Waals surface area contributed by atoms with Gasteiger partial charge in [0.05, 0.1) is 12.5 Å². The summed E-state index contributed by atoms with van der Waals surface area (Å²) in [7, 11) is 0. The van der Waals surface area contributed by atoms with E-state index in [2.05, 4.69) is 57.2 Å². The first kappa shape index (κ1) is 31.1. The minimum absolute atomic E-state index is 0.0333. The van der Waals surface area contributed by atoms with E-state index in [0.29, 0.717) is 13.0 Å². The molecule has 1 unspecified atom stereocenters. The number of rotatable bonds is 12. The number of benzene rings is 3. The molecule has 1 atom stereocenters. The van der Waals surface area contributed by atoms with Crippen LogP contribution in [-0.2, 0) is 34.3 Å². The Balaban J connectivity index is 1.35. The summed E-state index contributed by atoms with van der Waals surface area (Å²) in [6, 6.07) is 21.6. The maximum Gasteiger partial charge on any atom is 0.307 e. The maximum absolute atomic E-state index is 14.1. The molecule has 222 valence electrons. The van der Waals surface area contributed by atoms with E-state index in [1.807, 2.05) is 24.0 Å². The number of amidine groups is 1. The first-order chi connectivity index (χ1) is 20.0. The number of aryl methyl sites for hydroxylation is 2. The molecule has 1 aliphatic rings. The van der Waals surface area contributed by atoms with Gasteiger partial charge < -0.3 is 10.0 Å². The molecular formula is C36H43FN2O3. The van der Waals surface area contributed by atoms with Crippen LogP contribution in [0.5, 0.6) is 0 Å². The topological polar surface area (TPSA) is 70.0 Å². The van der Waals surface area contributed by atoms with Gasteiger partial charge in [0.1, 0.15) is 11.7 Å². The van der Waals surface area contributed by atoms with Gasteiger partial charge >= 0.3 is 5.97 Å². The first-order valence-corrected chi connectivity index (χ1v) is 15.1. The average Bonchev–Trinajstić information content (AvgIpc) is 2.94. The van der Waals surface area contributed by atoms with Crippen LogP contribution in [0.1, 0.15) is 82.1 Å². The third-order valence-corrected chi connectivity index (χ3v) is 8.01. The van der Waals surface area contributed by atoms with Gasteiger partial charge in [0.2, 0.25) is 5.91 Å². The summed E-state index contributed by atoms with van der Waals surface area (Å²) in [5, 5.41) is 9.09. The van der Waals surface area contributed by atoms with Crippen molar-refractivity contribution in [1.29, 1.82) is 0 Å². The third kappa shape index (κ3) is 8.37. The molecule has 1 heterocycles. The van der Waals surface area contributed by atoms with Crippen LogP contribution in [0.4, 0.5) is 4.39 Å². The summed E-state index contributed by atoms with van der Waals surface area (Å²) in [5.74, 6) is -0.509. The van der Waals surface area contributed by atoms with Crippen LogP contribution in [0, 0.1) is 5.82 Å². The highest BCUT2D eigenvalue weighted by Gasteiger charge is 2.27. The van der Waals surface area contributed by atoms with Crippen LogP contribution in [-0.4, -0.2) is 40.3 Å². The Morgan fingerprint density at radius 2 is 1.67 bits per heavy atom. The first-order valence-electron chi connectivity index (χ1n) is 15.1. The highest BCUT2D eigenvalue weighted by atomic mass is 19.1. The number of carbonyl (C=O) groups excluding carboxylic acids is 1. The van der Waals surface area contributed by atoms with Crippen LogP contribution in [0.25, 0.3) is 11.1 Å². The molecule has 6 heteroatoms. The summed E-state index contributed by atoms with van der Waals surface area (Å²) in [5.41, 5.74) is 5.84. The molecule has 0 radical (unpaired) electrons. The predicted octanol–water partition coefficient (Wildman–Crippen LogP) is 7.78. The standard InChI is InChI=1S/C36H43FN2O3/c1-5-39-33(38-31(24-34(39)40)13-7-9-25-15-18-30(19-16-25)36(2,3)4)14-8-11-26-10-6-12-27(21-26)28-17-20-32(37)29(22-28)23-35(41)42/h6,10,12,15-22,31H,5,7-9,11,13-14,23-24H2,1-4H3,(H,41,42). The molecule has 1 aliphatic heterocycles. The molecule has 3 aromatic rings. The zero-order chi connectivity index (χ0) is 30.3. The van der Waals surface area contributed by atoms with Crippen molar-refractivity contribution in [2.75, 3.05) is 6.54 Å². The second-order valence-corrected chi connectivity index (χ2v) is 12.3. The number of hydrogen-bond donors (Lipinski definition) is 1. The molecule has 3 aromatic carbocycles. The normalized spacial score (nSPS) is 15.5. The van der Waals surface area contributed by atoms with E-state index in [1.54, 1.807) is 12.1 Å². The maximum atomic E-state index is 14.1. The number of carboxylic acid groups (broad SMARTS) is 1. The summed E-state index contributed by atoms with van der Waals surface area (Å²) in [6.07, 6.45) is 5.41. The number of carbonyl (C=O) groups is 2. The molecule has 0 spiro atoms. The van der Waals surface area contributed by atoms with Gasteiger partial charge in [0.15, 0.2) is 0 Å². The quantitative estimate of drug-likeness (QED) is 0.242. The number of amides is 1. The zero-order valence-corrected chi connectivity index (χ0v) is 25.3. The minimum atomic E-state index is -1.06. The Hall–Kier alpha value is -3.80. The molecule has 0 bridgehead atoms. The summed E-state index contributed by atoms with van der Waals surface area (Å²) in [6.45, 7) is 9.30. The molecule has 4 rings (SSSR count). The predicted molar refractivity (Wildman–Crippen MR) is 167 cm³/mol. The van der Waals surface area contributed by atoms with E-state index in [9.17, 15) is 14.0 Å². The summed E-state index contributed by atoms with van der Waals surface area (Å²) >= 11 is 0. The zero-order valence-electron chi connectivity index (χ0n) is 25.3. The lowest BCUT2D eigenvalue weighted by Gasteiger charge is -2.30. The molecule has 42 heavy (non-hydrogen) atoms. The molecular weight excluding hydrogens is 527 g/mol. The third-order valence-electron chi connectivity index (χ3n) is 8.01. The Morgan fingerprint density at radius 1 is 0.952 bits per heavy atom. The van der Waals surface area contributed by atoms with E-state index in [1.165, 1.54) is 17.2 Å². The molecule has 1 N–H and O–H groups in total. The molecule has 5 nitrogen and oxygen atoms in total. The van der Waals surface area contributed by atoms with E-state index in [0.717, 1.165) is 61.1 Å². The fourth-order valence-corrected chi connectivity index (χ4v) is 5.63. The van der Waals surface area contributed by atoms with Crippen molar-refractivity contribution in [1.82, 2.24) is 4.90 Å². The highest BCUT2D eigenvalue weighted by Crippen LogP contribution is 2.26. The van der Waals surface area contributed by atoms with Gasteiger partial charge in [0.25, 0.3) is 0 Å². The fourth-order valence-electron chi connectivity index (χ4n) is 5.63. The van der Waals surface area contributed by atoms with E-state index in [4.69, 9.17) is 10.1 Å². The Bertz CT molecular complexity index is 1420. The van der Waals surface area contributed by atoms with Gasteiger partial charge in [-0.2, -0.15) is 0 Å². The largest absolute Gasteiger partial charge is 0.481 e. The Kier molecular flexibility index (Phi) is 10.3. The van der Waals surface area contributed by atoms with E-state index >= 15 is 0 Å². The molecule has 0 saturated heterocycles. The monoisotopic (exact) mass is 570 g/mol. The van der Waals surface area contributed by atoms with Crippen LogP contribution in [0.3, 0.4) is 0 Å². The van der Waals surface area contributed by atoms with Gasteiger partial charge in [0, 0.05) is 19.4 Å². The lowest BCUT2D eigenvalue weighted by Crippen LogP contribution is -2.42. The number of aliphatic imine (C=N–C) groups is 1.